The Morgan fingerprint density at radius 3 is 2.23 bits per heavy atom. The molecule has 2 N–H and O–H groups in total. The number of aromatic nitrogens is 1. The SMILES string of the molecule is CC(C)CC(C(=O)Nc1ccc(N2CC(C)CC(C)C2)cc1)N1C(=O)c2ccccc2C1c1c(-c2ccccc2)[nH]c2ccccc12. The highest BCUT2D eigenvalue weighted by molar-refractivity contribution is 6.06. The Bertz CT molecular complexity index is 1880. The highest BCUT2D eigenvalue weighted by Crippen LogP contribution is 2.47. The minimum absolute atomic E-state index is 0.112. The molecule has 1 aromatic heterocycles. The maximum absolute atomic E-state index is 14.5. The Kier molecular flexibility index (Phi) is 8.35. The van der Waals surface area contributed by atoms with Gasteiger partial charge in [0.25, 0.3) is 5.91 Å². The molecule has 0 aliphatic carbocycles. The maximum Gasteiger partial charge on any atom is 0.255 e. The van der Waals surface area contributed by atoms with Gasteiger partial charge in [0.15, 0.2) is 0 Å². The van der Waals surface area contributed by atoms with E-state index in [1.807, 2.05) is 71.6 Å². The molecule has 240 valence electrons. The van der Waals surface area contributed by atoms with Gasteiger partial charge in [-0.25, -0.2) is 0 Å². The van der Waals surface area contributed by atoms with Crippen LogP contribution in [0.4, 0.5) is 11.4 Å². The first kappa shape index (κ1) is 30.8. The zero-order valence-corrected chi connectivity index (χ0v) is 27.7. The number of amides is 2. The van der Waals surface area contributed by atoms with E-state index in [4.69, 9.17) is 0 Å². The maximum atomic E-state index is 14.5. The fraction of sp³-hybridized carbons (Fsp3) is 0.317. The molecule has 1 saturated heterocycles. The van der Waals surface area contributed by atoms with Gasteiger partial charge in [-0.2, -0.15) is 0 Å². The van der Waals surface area contributed by atoms with Crippen molar-refractivity contribution in [2.24, 2.45) is 17.8 Å². The number of nitrogens with one attached hydrogen (secondary N) is 2. The average molecular weight is 625 g/mol. The van der Waals surface area contributed by atoms with Crippen LogP contribution in [0, 0.1) is 17.8 Å². The van der Waals surface area contributed by atoms with Crippen LogP contribution in [0.25, 0.3) is 22.2 Å². The number of para-hydroxylation sites is 1. The van der Waals surface area contributed by atoms with E-state index in [0.717, 1.165) is 52.1 Å². The van der Waals surface area contributed by atoms with E-state index in [0.29, 0.717) is 23.8 Å². The third kappa shape index (κ3) is 5.93. The Morgan fingerprint density at radius 2 is 1.51 bits per heavy atom. The monoisotopic (exact) mass is 624 g/mol. The molecule has 0 bridgehead atoms. The fourth-order valence-electron chi connectivity index (χ4n) is 7.88. The number of rotatable bonds is 8. The van der Waals surface area contributed by atoms with Gasteiger partial charge in [0.05, 0.1) is 11.7 Å². The molecule has 0 radical (unpaired) electrons. The minimum Gasteiger partial charge on any atom is -0.371 e. The summed E-state index contributed by atoms with van der Waals surface area (Å²) in [7, 11) is 0. The molecular formula is C41H44N4O2. The number of piperidine rings is 1. The smallest absolute Gasteiger partial charge is 0.255 e. The van der Waals surface area contributed by atoms with E-state index in [9.17, 15) is 9.59 Å². The van der Waals surface area contributed by atoms with E-state index in [2.05, 4.69) is 79.3 Å². The summed E-state index contributed by atoms with van der Waals surface area (Å²) in [6, 6.07) is 33.4. The molecule has 1 fully saturated rings. The number of aromatic amines is 1. The van der Waals surface area contributed by atoms with Crippen LogP contribution < -0.4 is 10.2 Å². The van der Waals surface area contributed by atoms with Gasteiger partial charge in [-0.3, -0.25) is 9.59 Å². The Morgan fingerprint density at radius 1 is 0.851 bits per heavy atom. The second kappa shape index (κ2) is 12.7. The molecular weight excluding hydrogens is 580 g/mol. The summed E-state index contributed by atoms with van der Waals surface area (Å²) >= 11 is 0. The Balaban J connectivity index is 1.28. The lowest BCUT2D eigenvalue weighted by Crippen LogP contribution is -2.47. The summed E-state index contributed by atoms with van der Waals surface area (Å²) in [6.07, 6.45) is 1.79. The standard InChI is InChI=1S/C41H44N4O2/c1-26(2)22-36(40(46)42-30-18-20-31(21-19-30)44-24-27(3)23-28(4)25-44)45-39(32-14-8-9-15-33(32)41(45)47)37-34-16-10-11-17-35(34)43-38(37)29-12-6-5-7-13-29/h5-21,26-28,36,39,43H,22-25H2,1-4H3,(H,42,46). The highest BCUT2D eigenvalue weighted by Gasteiger charge is 2.45. The van der Waals surface area contributed by atoms with Crippen molar-refractivity contribution in [2.45, 2.75) is 52.6 Å². The second-order valence-electron chi connectivity index (χ2n) is 14.1. The number of anilines is 2. The molecule has 3 heterocycles. The number of hydrogen-bond donors (Lipinski definition) is 2. The lowest BCUT2D eigenvalue weighted by atomic mass is 9.91. The molecule has 0 spiro atoms. The lowest BCUT2D eigenvalue weighted by Gasteiger charge is -2.36. The van der Waals surface area contributed by atoms with E-state index in [-0.39, 0.29) is 17.7 Å². The van der Waals surface area contributed by atoms with Crippen LogP contribution in [0.2, 0.25) is 0 Å². The summed E-state index contributed by atoms with van der Waals surface area (Å²) in [5.41, 5.74) is 7.51. The fourth-order valence-corrected chi connectivity index (χ4v) is 7.88. The van der Waals surface area contributed by atoms with Crippen molar-refractivity contribution in [3.05, 3.63) is 120 Å². The molecule has 2 amide bonds. The van der Waals surface area contributed by atoms with E-state index < -0.39 is 12.1 Å². The van der Waals surface area contributed by atoms with Crippen molar-refractivity contribution in [3.8, 4) is 11.3 Å². The largest absolute Gasteiger partial charge is 0.371 e. The zero-order chi connectivity index (χ0) is 32.7. The second-order valence-corrected chi connectivity index (χ2v) is 14.1. The summed E-state index contributed by atoms with van der Waals surface area (Å²) in [6.45, 7) is 10.9. The first-order valence-corrected chi connectivity index (χ1v) is 17.0. The summed E-state index contributed by atoms with van der Waals surface area (Å²) in [5.74, 6) is 1.22. The lowest BCUT2D eigenvalue weighted by molar-refractivity contribution is -0.121. The number of fused-ring (bicyclic) bond motifs is 2. The van der Waals surface area contributed by atoms with Gasteiger partial charge >= 0.3 is 0 Å². The van der Waals surface area contributed by atoms with Crippen molar-refractivity contribution in [3.63, 3.8) is 0 Å². The van der Waals surface area contributed by atoms with E-state index >= 15 is 0 Å². The van der Waals surface area contributed by atoms with Gasteiger partial charge in [-0.15, -0.1) is 0 Å². The minimum atomic E-state index is -0.680. The van der Waals surface area contributed by atoms with Gasteiger partial charge in [0.1, 0.15) is 6.04 Å². The van der Waals surface area contributed by atoms with Gasteiger partial charge in [0.2, 0.25) is 5.91 Å². The summed E-state index contributed by atoms with van der Waals surface area (Å²) in [5, 5.41) is 4.26. The average Bonchev–Trinajstić information content (AvgIpc) is 3.58. The molecule has 6 heteroatoms. The topological polar surface area (TPSA) is 68.4 Å². The molecule has 4 atom stereocenters. The van der Waals surface area contributed by atoms with Crippen molar-refractivity contribution in [1.82, 2.24) is 9.88 Å². The van der Waals surface area contributed by atoms with Crippen molar-refractivity contribution in [1.29, 1.82) is 0 Å². The van der Waals surface area contributed by atoms with Crippen molar-refractivity contribution >= 4 is 34.1 Å². The van der Waals surface area contributed by atoms with Crippen LogP contribution in [-0.2, 0) is 4.79 Å². The number of hydrogen-bond acceptors (Lipinski definition) is 3. The Hall–Kier alpha value is -4.84. The number of carbonyl (C=O) groups is 2. The Labute approximate surface area is 277 Å². The number of H-pyrrole nitrogens is 1. The molecule has 4 unspecified atom stereocenters. The molecule has 7 rings (SSSR count). The van der Waals surface area contributed by atoms with Crippen LogP contribution in [0.3, 0.4) is 0 Å². The van der Waals surface area contributed by atoms with Gasteiger partial charge in [-0.05, 0) is 78.1 Å². The first-order valence-electron chi connectivity index (χ1n) is 17.0. The highest BCUT2D eigenvalue weighted by atomic mass is 16.2. The summed E-state index contributed by atoms with van der Waals surface area (Å²) in [4.78, 5) is 36.9. The van der Waals surface area contributed by atoms with E-state index in [1.165, 1.54) is 12.1 Å². The third-order valence-corrected chi connectivity index (χ3v) is 9.78. The van der Waals surface area contributed by atoms with Crippen molar-refractivity contribution in [2.75, 3.05) is 23.3 Å². The quantitative estimate of drug-likeness (QED) is 0.181. The van der Waals surface area contributed by atoms with Crippen LogP contribution in [-0.4, -0.2) is 40.8 Å². The third-order valence-electron chi connectivity index (χ3n) is 9.78. The molecule has 4 aromatic carbocycles. The van der Waals surface area contributed by atoms with Crippen LogP contribution in [0.1, 0.15) is 68.1 Å². The normalized spacial score (nSPS) is 20.1. The molecule has 5 aromatic rings. The molecule has 47 heavy (non-hydrogen) atoms. The molecule has 2 aliphatic rings. The van der Waals surface area contributed by atoms with Crippen LogP contribution >= 0.6 is 0 Å². The predicted octanol–water partition coefficient (Wildman–Crippen LogP) is 8.92. The molecule has 0 saturated carbocycles. The van der Waals surface area contributed by atoms with Crippen molar-refractivity contribution < 1.29 is 9.59 Å². The van der Waals surface area contributed by atoms with E-state index in [1.54, 1.807) is 0 Å². The molecule has 2 aliphatic heterocycles. The number of benzene rings is 4. The number of carbonyl (C=O) groups excluding carboxylic acids is 2. The van der Waals surface area contributed by atoms with Crippen LogP contribution in [0.15, 0.2) is 103 Å². The molecule has 6 nitrogen and oxygen atoms in total. The summed E-state index contributed by atoms with van der Waals surface area (Å²) < 4.78 is 0. The first-order chi connectivity index (χ1) is 22.8. The van der Waals surface area contributed by atoms with Gasteiger partial charge in [-0.1, -0.05) is 94.4 Å². The predicted molar refractivity (Wildman–Crippen MR) is 192 cm³/mol. The number of nitrogens with zero attached hydrogens (tertiary/aromatic N) is 2. The van der Waals surface area contributed by atoms with Gasteiger partial charge < -0.3 is 20.1 Å². The van der Waals surface area contributed by atoms with Gasteiger partial charge in [0, 0.05) is 46.5 Å². The zero-order valence-electron chi connectivity index (χ0n) is 27.7. The van der Waals surface area contributed by atoms with Crippen LogP contribution in [0.5, 0.6) is 0 Å².